The van der Waals surface area contributed by atoms with Crippen molar-refractivity contribution in [2.75, 3.05) is 31.2 Å². The van der Waals surface area contributed by atoms with Gasteiger partial charge in [0.25, 0.3) is 0 Å². The van der Waals surface area contributed by atoms with E-state index >= 15 is 0 Å². The normalized spacial score (nSPS) is 15.4. The number of hydrogen-bond donors (Lipinski definition) is 2. The maximum Gasteiger partial charge on any atom is 0.0657 e. The van der Waals surface area contributed by atoms with E-state index in [1.807, 2.05) is 12.1 Å². The number of hydrogen-bond acceptors (Lipinski definition) is 3. The number of benzene rings is 1. The summed E-state index contributed by atoms with van der Waals surface area (Å²) < 4.78 is 0. The molecule has 0 aliphatic heterocycles. The Bertz CT molecular complexity index is 363. The quantitative estimate of drug-likeness (QED) is 0.776. The third-order valence-electron chi connectivity index (χ3n) is 2.94. The first-order valence-corrected chi connectivity index (χ1v) is 6.04. The summed E-state index contributed by atoms with van der Waals surface area (Å²) in [7, 11) is 2.17. The topological polar surface area (TPSA) is 41.3 Å². The third kappa shape index (κ3) is 3.03. The Morgan fingerprint density at radius 3 is 2.88 bits per heavy atom. The Labute approximate surface area is 102 Å². The summed E-state index contributed by atoms with van der Waals surface area (Å²) in [4.78, 5) is 2.39. The molecule has 1 aliphatic rings. The zero-order valence-electron chi connectivity index (χ0n) is 9.54. The van der Waals surface area contributed by atoms with Crippen LogP contribution in [0.4, 0.5) is 11.4 Å². The maximum atomic E-state index is 6.06. The van der Waals surface area contributed by atoms with Crippen LogP contribution in [0.25, 0.3) is 0 Å². The summed E-state index contributed by atoms with van der Waals surface area (Å²) in [6, 6.07) is 6.37. The van der Waals surface area contributed by atoms with E-state index < -0.39 is 0 Å². The van der Waals surface area contributed by atoms with Gasteiger partial charge < -0.3 is 16.0 Å². The number of nitrogen functional groups attached to an aromatic ring is 1. The number of likely N-dealkylation sites (N-methyl/N-ethyl adjacent to an activating group) is 1. The van der Waals surface area contributed by atoms with Gasteiger partial charge in [-0.2, -0.15) is 0 Å². The van der Waals surface area contributed by atoms with Crippen molar-refractivity contribution in [1.29, 1.82) is 0 Å². The van der Waals surface area contributed by atoms with E-state index in [1.165, 1.54) is 12.8 Å². The smallest absolute Gasteiger partial charge is 0.0657 e. The molecule has 1 aromatic rings. The van der Waals surface area contributed by atoms with Gasteiger partial charge in [0.2, 0.25) is 0 Å². The molecule has 88 valence electrons. The van der Waals surface area contributed by atoms with Crippen molar-refractivity contribution in [2.45, 2.75) is 18.9 Å². The fourth-order valence-electron chi connectivity index (χ4n) is 1.74. The Hall–Kier alpha value is -0.930. The van der Waals surface area contributed by atoms with Crippen LogP contribution in [0.15, 0.2) is 18.2 Å². The summed E-state index contributed by atoms with van der Waals surface area (Å²) in [5.41, 5.74) is 7.29. The first-order chi connectivity index (χ1) is 7.66. The number of nitrogens with zero attached hydrogens (tertiary/aromatic N) is 1. The second kappa shape index (κ2) is 4.93. The van der Waals surface area contributed by atoms with Crippen LogP contribution in [-0.4, -0.2) is 31.1 Å². The highest BCUT2D eigenvalue weighted by Gasteiger charge is 2.25. The molecule has 0 spiro atoms. The molecular weight excluding hydrogens is 222 g/mol. The average molecular weight is 240 g/mol. The molecule has 0 amide bonds. The summed E-state index contributed by atoms with van der Waals surface area (Å²) in [6.07, 6.45) is 2.69. The summed E-state index contributed by atoms with van der Waals surface area (Å²) in [6.45, 7) is 1.96. The Morgan fingerprint density at radius 1 is 1.50 bits per heavy atom. The average Bonchev–Trinajstić information content (AvgIpc) is 3.04. The van der Waals surface area contributed by atoms with Gasteiger partial charge in [-0.15, -0.1) is 0 Å². The molecule has 1 aliphatic carbocycles. The van der Waals surface area contributed by atoms with Gasteiger partial charge in [0.1, 0.15) is 0 Å². The molecular formula is C12H18ClN3. The van der Waals surface area contributed by atoms with E-state index in [1.54, 1.807) is 6.07 Å². The molecule has 3 N–H and O–H groups in total. The van der Waals surface area contributed by atoms with Gasteiger partial charge in [0, 0.05) is 24.8 Å². The summed E-state index contributed by atoms with van der Waals surface area (Å²) in [5.74, 6) is 0. The van der Waals surface area contributed by atoms with E-state index in [0.29, 0.717) is 10.7 Å². The van der Waals surface area contributed by atoms with Crippen molar-refractivity contribution in [1.82, 2.24) is 4.90 Å². The molecule has 2 rings (SSSR count). The van der Waals surface area contributed by atoms with Crippen molar-refractivity contribution >= 4 is 23.0 Å². The minimum Gasteiger partial charge on any atom is -0.399 e. The lowest BCUT2D eigenvalue weighted by Gasteiger charge is -2.16. The van der Waals surface area contributed by atoms with Gasteiger partial charge >= 0.3 is 0 Å². The molecule has 0 radical (unpaired) electrons. The van der Waals surface area contributed by atoms with E-state index in [9.17, 15) is 0 Å². The minimum absolute atomic E-state index is 0.689. The van der Waals surface area contributed by atoms with Crippen molar-refractivity contribution < 1.29 is 0 Å². The van der Waals surface area contributed by atoms with Gasteiger partial charge in [-0.1, -0.05) is 11.6 Å². The molecule has 1 saturated carbocycles. The second-order valence-corrected chi connectivity index (χ2v) is 4.79. The molecule has 1 aromatic carbocycles. The van der Waals surface area contributed by atoms with Crippen molar-refractivity contribution in [3.05, 3.63) is 23.2 Å². The fraction of sp³-hybridized carbons (Fsp3) is 0.500. The Morgan fingerprint density at radius 2 is 2.25 bits per heavy atom. The van der Waals surface area contributed by atoms with Gasteiger partial charge in [-0.05, 0) is 38.1 Å². The highest BCUT2D eigenvalue weighted by Crippen LogP contribution is 2.26. The molecule has 0 bridgehead atoms. The molecule has 0 unspecified atom stereocenters. The van der Waals surface area contributed by atoms with Crippen LogP contribution >= 0.6 is 11.6 Å². The largest absolute Gasteiger partial charge is 0.399 e. The van der Waals surface area contributed by atoms with E-state index in [2.05, 4.69) is 17.3 Å². The lowest BCUT2D eigenvalue weighted by Crippen LogP contribution is -2.27. The first kappa shape index (κ1) is 11.6. The van der Waals surface area contributed by atoms with Crippen molar-refractivity contribution in [2.24, 2.45) is 0 Å². The number of nitrogens with two attached hydrogens (primary N) is 1. The van der Waals surface area contributed by atoms with Crippen LogP contribution in [-0.2, 0) is 0 Å². The van der Waals surface area contributed by atoms with Gasteiger partial charge in [0.05, 0.1) is 10.7 Å². The monoisotopic (exact) mass is 239 g/mol. The van der Waals surface area contributed by atoms with Crippen LogP contribution < -0.4 is 11.1 Å². The lowest BCUT2D eigenvalue weighted by atomic mass is 10.3. The number of rotatable bonds is 5. The number of halogens is 1. The first-order valence-electron chi connectivity index (χ1n) is 5.66. The van der Waals surface area contributed by atoms with Crippen molar-refractivity contribution in [3.8, 4) is 0 Å². The predicted molar refractivity (Wildman–Crippen MR) is 70.0 cm³/mol. The van der Waals surface area contributed by atoms with E-state index in [-0.39, 0.29) is 0 Å². The SMILES string of the molecule is CN(CCNc1ccc(N)cc1Cl)C1CC1. The molecule has 16 heavy (non-hydrogen) atoms. The minimum atomic E-state index is 0.689. The van der Waals surface area contributed by atoms with Crippen LogP contribution in [0.5, 0.6) is 0 Å². The molecule has 1 fully saturated rings. The summed E-state index contributed by atoms with van der Waals surface area (Å²) in [5, 5.41) is 4.01. The third-order valence-corrected chi connectivity index (χ3v) is 3.26. The van der Waals surface area contributed by atoms with Crippen molar-refractivity contribution in [3.63, 3.8) is 0 Å². The van der Waals surface area contributed by atoms with Gasteiger partial charge in [0.15, 0.2) is 0 Å². The second-order valence-electron chi connectivity index (χ2n) is 4.38. The predicted octanol–water partition coefficient (Wildman–Crippen LogP) is 2.43. The molecule has 0 atom stereocenters. The van der Waals surface area contributed by atoms with Crippen LogP contribution in [0.2, 0.25) is 5.02 Å². The Kier molecular flexibility index (Phi) is 3.56. The number of nitrogens with one attached hydrogen (secondary N) is 1. The molecule has 0 saturated heterocycles. The van der Waals surface area contributed by atoms with Crippen LogP contribution in [0, 0.1) is 0 Å². The zero-order valence-corrected chi connectivity index (χ0v) is 10.3. The molecule has 0 heterocycles. The molecule has 3 nitrogen and oxygen atoms in total. The highest BCUT2D eigenvalue weighted by molar-refractivity contribution is 6.33. The molecule has 0 aromatic heterocycles. The lowest BCUT2D eigenvalue weighted by molar-refractivity contribution is 0.337. The maximum absolute atomic E-state index is 6.06. The standard InChI is InChI=1S/C12H18ClN3/c1-16(10-3-4-10)7-6-15-12-5-2-9(14)8-11(12)13/h2,5,8,10,15H,3-4,6-7,14H2,1H3. The highest BCUT2D eigenvalue weighted by atomic mass is 35.5. The van der Waals surface area contributed by atoms with Gasteiger partial charge in [-0.3, -0.25) is 0 Å². The van der Waals surface area contributed by atoms with Crippen LogP contribution in [0.3, 0.4) is 0 Å². The Balaban J connectivity index is 1.80. The van der Waals surface area contributed by atoms with Gasteiger partial charge in [-0.25, -0.2) is 0 Å². The van der Waals surface area contributed by atoms with E-state index in [0.717, 1.165) is 24.8 Å². The molecule has 4 heteroatoms. The summed E-state index contributed by atoms with van der Waals surface area (Å²) >= 11 is 6.06. The van der Waals surface area contributed by atoms with Crippen LogP contribution in [0.1, 0.15) is 12.8 Å². The number of anilines is 2. The fourth-order valence-corrected chi connectivity index (χ4v) is 2.00. The van der Waals surface area contributed by atoms with E-state index in [4.69, 9.17) is 17.3 Å². The zero-order chi connectivity index (χ0) is 11.5.